The number of aryl methyl sites for hydroxylation is 3. The number of carbonyl (C=O) groups is 1. The van der Waals surface area contributed by atoms with E-state index in [9.17, 15) is 4.79 Å². The summed E-state index contributed by atoms with van der Waals surface area (Å²) in [7, 11) is 0. The van der Waals surface area contributed by atoms with Crippen LogP contribution in [0.4, 0.5) is 5.69 Å². The fraction of sp³-hybridized carbons (Fsp3) is 0.263. The van der Waals surface area contributed by atoms with Gasteiger partial charge in [0.1, 0.15) is 5.76 Å². The van der Waals surface area contributed by atoms with Crippen molar-refractivity contribution < 1.29 is 9.32 Å². The second-order valence-electron chi connectivity index (χ2n) is 6.06. The van der Waals surface area contributed by atoms with Gasteiger partial charge in [-0.15, -0.1) is 0 Å². The monoisotopic (exact) mass is 368 g/mol. The molecular weight excluding hydrogens is 348 g/mol. The first-order valence-electron chi connectivity index (χ1n) is 8.25. The molecule has 1 unspecified atom stereocenters. The minimum atomic E-state index is -0.340. The largest absolute Gasteiger partial charge is 0.361 e. The Kier molecular flexibility index (Phi) is 5.37. The van der Waals surface area contributed by atoms with Crippen molar-refractivity contribution in [3.05, 3.63) is 59.2 Å². The minimum absolute atomic E-state index is 0.0886. The summed E-state index contributed by atoms with van der Waals surface area (Å²) in [5, 5.41) is 7.61. The molecule has 0 aliphatic rings. The van der Waals surface area contributed by atoms with Crippen LogP contribution >= 0.6 is 11.8 Å². The summed E-state index contributed by atoms with van der Waals surface area (Å²) in [4.78, 5) is 22.1. The molecule has 0 saturated carbocycles. The molecule has 26 heavy (non-hydrogen) atoms. The van der Waals surface area contributed by atoms with Gasteiger partial charge in [-0.1, -0.05) is 5.16 Å². The number of hydrogen-bond acceptors (Lipinski definition) is 6. The van der Waals surface area contributed by atoms with Crippen LogP contribution in [-0.4, -0.2) is 21.0 Å². The number of nitrogens with one attached hydrogen (secondary N) is 1. The van der Waals surface area contributed by atoms with Crippen molar-refractivity contribution in [3.8, 4) is 0 Å². The van der Waals surface area contributed by atoms with Crippen LogP contribution in [0.5, 0.6) is 0 Å². The van der Waals surface area contributed by atoms with Crippen molar-refractivity contribution in [2.75, 3.05) is 5.32 Å². The summed E-state index contributed by atoms with van der Waals surface area (Å²) < 4.78 is 5.17. The van der Waals surface area contributed by atoms with E-state index in [4.69, 9.17) is 4.52 Å². The van der Waals surface area contributed by atoms with Gasteiger partial charge in [-0.3, -0.25) is 4.79 Å². The molecule has 0 saturated heterocycles. The van der Waals surface area contributed by atoms with E-state index in [1.165, 1.54) is 11.8 Å². The second kappa shape index (κ2) is 7.70. The first-order valence-corrected chi connectivity index (χ1v) is 9.06. The summed E-state index contributed by atoms with van der Waals surface area (Å²) >= 11 is 1.48. The van der Waals surface area contributed by atoms with Crippen LogP contribution in [0.15, 0.2) is 51.2 Å². The van der Waals surface area contributed by atoms with Gasteiger partial charge in [0.2, 0.25) is 5.91 Å². The maximum atomic E-state index is 12.6. The van der Waals surface area contributed by atoms with Crippen LogP contribution in [-0.2, 0) is 4.79 Å². The van der Waals surface area contributed by atoms with Crippen LogP contribution in [0, 0.1) is 20.8 Å². The fourth-order valence-corrected chi connectivity index (χ4v) is 3.57. The number of amides is 1. The zero-order valence-electron chi connectivity index (χ0n) is 15.1. The molecule has 1 atom stereocenters. The van der Waals surface area contributed by atoms with Crippen molar-refractivity contribution in [1.82, 2.24) is 15.1 Å². The van der Waals surface area contributed by atoms with E-state index in [0.29, 0.717) is 10.9 Å². The molecule has 0 aliphatic heterocycles. The Morgan fingerprint density at radius 1 is 1.19 bits per heavy atom. The second-order valence-corrected chi connectivity index (χ2v) is 7.10. The SMILES string of the molecule is Cc1cc(Sc2ncccn2)ccc1NC(=O)C(C)c1c(C)noc1C. The van der Waals surface area contributed by atoms with Gasteiger partial charge in [0.15, 0.2) is 5.16 Å². The molecule has 0 radical (unpaired) electrons. The number of aromatic nitrogens is 3. The van der Waals surface area contributed by atoms with Crippen molar-refractivity contribution >= 4 is 23.4 Å². The Bertz CT molecular complexity index is 905. The van der Waals surface area contributed by atoms with Gasteiger partial charge >= 0.3 is 0 Å². The average Bonchev–Trinajstić information content (AvgIpc) is 2.96. The number of benzene rings is 1. The first-order chi connectivity index (χ1) is 12.5. The molecule has 134 valence electrons. The van der Waals surface area contributed by atoms with Gasteiger partial charge in [-0.2, -0.15) is 0 Å². The maximum Gasteiger partial charge on any atom is 0.231 e. The highest BCUT2D eigenvalue weighted by Crippen LogP contribution is 2.29. The van der Waals surface area contributed by atoms with Crippen molar-refractivity contribution in [2.24, 2.45) is 0 Å². The molecule has 2 heterocycles. The van der Waals surface area contributed by atoms with Crippen LogP contribution in [0.2, 0.25) is 0 Å². The van der Waals surface area contributed by atoms with E-state index >= 15 is 0 Å². The Morgan fingerprint density at radius 2 is 1.92 bits per heavy atom. The lowest BCUT2D eigenvalue weighted by Gasteiger charge is -2.14. The van der Waals surface area contributed by atoms with Crippen LogP contribution in [0.25, 0.3) is 0 Å². The number of carbonyl (C=O) groups excluding carboxylic acids is 1. The molecule has 0 spiro atoms. The molecule has 0 fully saturated rings. The Balaban J connectivity index is 1.73. The lowest BCUT2D eigenvalue weighted by atomic mass is 9.98. The molecule has 3 aromatic rings. The molecule has 2 aromatic heterocycles. The van der Waals surface area contributed by atoms with Crippen LogP contribution < -0.4 is 5.32 Å². The molecule has 3 rings (SSSR count). The smallest absolute Gasteiger partial charge is 0.231 e. The zero-order valence-corrected chi connectivity index (χ0v) is 15.9. The van der Waals surface area contributed by atoms with Gasteiger partial charge in [0.05, 0.1) is 11.6 Å². The van der Waals surface area contributed by atoms with Gasteiger partial charge in [0.25, 0.3) is 0 Å². The summed E-state index contributed by atoms with van der Waals surface area (Å²) in [6.07, 6.45) is 3.43. The van der Waals surface area contributed by atoms with Gasteiger partial charge in [0, 0.05) is 28.5 Å². The minimum Gasteiger partial charge on any atom is -0.361 e. The lowest BCUT2D eigenvalue weighted by molar-refractivity contribution is -0.117. The highest BCUT2D eigenvalue weighted by molar-refractivity contribution is 7.99. The molecule has 1 N–H and O–H groups in total. The van der Waals surface area contributed by atoms with E-state index < -0.39 is 0 Å². The third kappa shape index (κ3) is 3.94. The average molecular weight is 368 g/mol. The molecule has 0 bridgehead atoms. The van der Waals surface area contributed by atoms with E-state index in [-0.39, 0.29) is 11.8 Å². The fourth-order valence-electron chi connectivity index (χ4n) is 2.76. The van der Waals surface area contributed by atoms with E-state index in [1.807, 2.05) is 45.9 Å². The molecule has 1 amide bonds. The topological polar surface area (TPSA) is 80.9 Å². The first kappa shape index (κ1) is 18.1. The lowest BCUT2D eigenvalue weighted by Crippen LogP contribution is -2.20. The van der Waals surface area contributed by atoms with E-state index in [2.05, 4.69) is 20.4 Å². The standard InChI is InChI=1S/C19H20N4O2S/c1-11-10-15(26-19-20-8-5-9-21-19)6-7-16(11)22-18(24)12(2)17-13(3)23-25-14(17)4/h5-10,12H,1-4H3,(H,22,24). The Morgan fingerprint density at radius 3 is 2.54 bits per heavy atom. The van der Waals surface area contributed by atoms with Crippen molar-refractivity contribution in [2.45, 2.75) is 43.7 Å². The third-order valence-electron chi connectivity index (χ3n) is 4.12. The van der Waals surface area contributed by atoms with Gasteiger partial charge in [-0.25, -0.2) is 9.97 Å². The highest BCUT2D eigenvalue weighted by atomic mass is 32.2. The zero-order chi connectivity index (χ0) is 18.7. The predicted octanol–water partition coefficient (Wildman–Crippen LogP) is 4.28. The predicted molar refractivity (Wildman–Crippen MR) is 100 cm³/mol. The van der Waals surface area contributed by atoms with Crippen LogP contribution in [0.3, 0.4) is 0 Å². The molecular formula is C19H20N4O2S. The van der Waals surface area contributed by atoms with E-state index in [0.717, 1.165) is 27.4 Å². The summed E-state index contributed by atoms with van der Waals surface area (Å²) in [6, 6.07) is 7.65. The Hall–Kier alpha value is -2.67. The quantitative estimate of drug-likeness (QED) is 0.677. The molecule has 6 nitrogen and oxygen atoms in total. The summed E-state index contributed by atoms with van der Waals surface area (Å²) in [5.41, 5.74) is 3.35. The number of anilines is 1. The third-order valence-corrected chi connectivity index (χ3v) is 5.00. The molecule has 7 heteroatoms. The van der Waals surface area contributed by atoms with Crippen molar-refractivity contribution in [1.29, 1.82) is 0 Å². The normalized spacial score (nSPS) is 12.0. The molecule has 0 aliphatic carbocycles. The number of hydrogen-bond donors (Lipinski definition) is 1. The van der Waals surface area contributed by atoms with Gasteiger partial charge in [-0.05, 0) is 69.3 Å². The number of nitrogens with zero attached hydrogens (tertiary/aromatic N) is 3. The van der Waals surface area contributed by atoms with Crippen LogP contribution in [0.1, 0.15) is 35.4 Å². The maximum absolute atomic E-state index is 12.6. The number of rotatable bonds is 5. The Labute approximate surface area is 156 Å². The van der Waals surface area contributed by atoms with E-state index in [1.54, 1.807) is 18.5 Å². The summed E-state index contributed by atoms with van der Waals surface area (Å²) in [5.74, 6) is 0.248. The summed E-state index contributed by atoms with van der Waals surface area (Å²) in [6.45, 7) is 7.49. The highest BCUT2D eigenvalue weighted by Gasteiger charge is 2.23. The van der Waals surface area contributed by atoms with Gasteiger partial charge < -0.3 is 9.84 Å². The molecule has 1 aromatic carbocycles. The van der Waals surface area contributed by atoms with Crippen molar-refractivity contribution in [3.63, 3.8) is 0 Å².